The van der Waals surface area contributed by atoms with E-state index in [2.05, 4.69) is 20.4 Å². The zero-order chi connectivity index (χ0) is 14.8. The fourth-order valence-electron chi connectivity index (χ4n) is 1.86. The maximum Gasteiger partial charge on any atom is 0.337 e. The number of nitrogens with zero attached hydrogens (tertiary/aromatic N) is 3. The van der Waals surface area contributed by atoms with Crippen LogP contribution in [-0.2, 0) is 9.53 Å². The molecule has 1 aliphatic rings. The van der Waals surface area contributed by atoms with Crippen molar-refractivity contribution < 1.29 is 19.2 Å². The number of ether oxygens (including phenoxy) is 1. The molecule has 1 N–H and O–H groups in total. The molecule has 1 aromatic carbocycles. The van der Waals surface area contributed by atoms with Crippen molar-refractivity contribution in [2.75, 3.05) is 13.7 Å². The number of rotatable bonds is 5. The van der Waals surface area contributed by atoms with Crippen molar-refractivity contribution in [1.29, 1.82) is 0 Å². The first-order chi connectivity index (χ1) is 10.2. The van der Waals surface area contributed by atoms with E-state index in [9.17, 15) is 9.59 Å². The Kier molecular flexibility index (Phi) is 3.43. The first-order valence-corrected chi connectivity index (χ1v) is 6.54. The van der Waals surface area contributed by atoms with Gasteiger partial charge in [0.05, 0.1) is 12.7 Å². The molecule has 8 nitrogen and oxygen atoms in total. The molecule has 1 heterocycles. The summed E-state index contributed by atoms with van der Waals surface area (Å²) in [4.78, 5) is 29.5. The molecule has 0 spiro atoms. The lowest BCUT2D eigenvalue weighted by Crippen LogP contribution is -2.33. The van der Waals surface area contributed by atoms with Crippen molar-refractivity contribution in [3.05, 3.63) is 23.8 Å². The van der Waals surface area contributed by atoms with Crippen molar-refractivity contribution in [2.24, 2.45) is 0 Å². The first kappa shape index (κ1) is 13.3. The molecule has 21 heavy (non-hydrogen) atoms. The van der Waals surface area contributed by atoms with Crippen LogP contribution < -0.4 is 10.2 Å². The normalized spacial score (nSPS) is 14.0. The number of amides is 1. The Morgan fingerprint density at radius 2 is 2.24 bits per heavy atom. The van der Waals surface area contributed by atoms with Crippen LogP contribution in [0, 0.1) is 0 Å². The van der Waals surface area contributed by atoms with Crippen LogP contribution in [0.2, 0.25) is 0 Å². The predicted molar refractivity (Wildman–Crippen MR) is 71.5 cm³/mol. The summed E-state index contributed by atoms with van der Waals surface area (Å²) < 4.78 is 4.66. The number of nitrogens with one attached hydrogen (secondary N) is 1. The standard InChI is InChI=1S/C13H14N4O4/c1-20-13(19)8-2-5-10-11(6-8)17(16-15-10)21-7-12(18)14-9-3-4-9/h2,5-6,9H,3-4,7H2,1H3,(H,14,18). The van der Waals surface area contributed by atoms with Gasteiger partial charge in [-0.1, -0.05) is 4.85 Å². The zero-order valence-corrected chi connectivity index (χ0v) is 11.4. The van der Waals surface area contributed by atoms with Gasteiger partial charge in [-0.25, -0.2) is 4.79 Å². The Labute approximate surface area is 120 Å². The van der Waals surface area contributed by atoms with Crippen LogP contribution in [0.25, 0.3) is 11.0 Å². The molecule has 1 amide bonds. The molecule has 1 aliphatic carbocycles. The van der Waals surface area contributed by atoms with Gasteiger partial charge in [0.1, 0.15) is 11.0 Å². The van der Waals surface area contributed by atoms with E-state index >= 15 is 0 Å². The summed E-state index contributed by atoms with van der Waals surface area (Å²) in [6.45, 7) is -0.155. The third-order valence-corrected chi connectivity index (χ3v) is 3.10. The van der Waals surface area contributed by atoms with Crippen LogP contribution in [-0.4, -0.2) is 46.8 Å². The number of aromatic nitrogens is 3. The molecule has 110 valence electrons. The highest BCUT2D eigenvalue weighted by molar-refractivity contribution is 5.93. The van der Waals surface area contributed by atoms with Crippen molar-refractivity contribution in [3.8, 4) is 0 Å². The number of methoxy groups -OCH3 is 1. The Hall–Kier alpha value is -2.64. The molecule has 1 aromatic heterocycles. The van der Waals surface area contributed by atoms with E-state index in [1.165, 1.54) is 7.11 Å². The quantitative estimate of drug-likeness (QED) is 0.774. The van der Waals surface area contributed by atoms with Gasteiger partial charge in [0.2, 0.25) is 0 Å². The number of hydrogen-bond donors (Lipinski definition) is 1. The smallest absolute Gasteiger partial charge is 0.337 e. The molecule has 0 bridgehead atoms. The molecular formula is C13H14N4O4. The summed E-state index contributed by atoms with van der Waals surface area (Å²) in [6, 6.07) is 5.06. The summed E-state index contributed by atoms with van der Waals surface area (Å²) in [6.07, 6.45) is 2.03. The van der Waals surface area contributed by atoms with Crippen LogP contribution >= 0.6 is 0 Å². The van der Waals surface area contributed by atoms with Crippen molar-refractivity contribution in [3.63, 3.8) is 0 Å². The second-order valence-electron chi connectivity index (χ2n) is 4.77. The highest BCUT2D eigenvalue weighted by Gasteiger charge is 2.23. The molecule has 0 unspecified atom stereocenters. The van der Waals surface area contributed by atoms with Crippen molar-refractivity contribution in [2.45, 2.75) is 18.9 Å². The second kappa shape index (κ2) is 5.39. The van der Waals surface area contributed by atoms with Gasteiger partial charge in [0, 0.05) is 6.04 Å². The van der Waals surface area contributed by atoms with E-state index in [1.807, 2.05) is 0 Å². The molecule has 0 radical (unpaired) electrons. The fraction of sp³-hybridized carbons (Fsp3) is 0.385. The van der Waals surface area contributed by atoms with Gasteiger partial charge >= 0.3 is 5.97 Å². The predicted octanol–water partition coefficient (Wildman–Crippen LogP) is -0.0749. The van der Waals surface area contributed by atoms with Gasteiger partial charge in [-0.15, -0.1) is 5.10 Å². The van der Waals surface area contributed by atoms with Crippen LogP contribution in [0.3, 0.4) is 0 Å². The Balaban J connectivity index is 1.74. The summed E-state index contributed by atoms with van der Waals surface area (Å²) in [5, 5.41) is 10.5. The third kappa shape index (κ3) is 2.93. The zero-order valence-electron chi connectivity index (χ0n) is 11.4. The Morgan fingerprint density at radius 3 is 2.95 bits per heavy atom. The van der Waals surface area contributed by atoms with Gasteiger partial charge in [-0.3, -0.25) is 4.79 Å². The number of carbonyl (C=O) groups excluding carboxylic acids is 2. The SMILES string of the molecule is COC(=O)c1ccc2nnn(OCC(=O)NC3CC3)c2c1. The number of fused-ring (bicyclic) bond motifs is 1. The van der Waals surface area contributed by atoms with Gasteiger partial charge < -0.3 is 14.9 Å². The highest BCUT2D eigenvalue weighted by Crippen LogP contribution is 2.18. The monoisotopic (exact) mass is 290 g/mol. The van der Waals surface area contributed by atoms with Crippen molar-refractivity contribution in [1.82, 2.24) is 20.5 Å². The van der Waals surface area contributed by atoms with E-state index in [4.69, 9.17) is 4.84 Å². The number of benzene rings is 1. The lowest BCUT2D eigenvalue weighted by molar-refractivity contribution is -0.126. The number of carbonyl (C=O) groups is 2. The van der Waals surface area contributed by atoms with Crippen LogP contribution in [0.1, 0.15) is 23.2 Å². The summed E-state index contributed by atoms with van der Waals surface area (Å²) in [5.41, 5.74) is 1.42. The molecule has 1 fully saturated rings. The number of hydrogen-bond acceptors (Lipinski definition) is 6. The minimum Gasteiger partial charge on any atom is -0.465 e. The van der Waals surface area contributed by atoms with Gasteiger partial charge in [-0.05, 0) is 36.3 Å². The topological polar surface area (TPSA) is 95.3 Å². The molecule has 0 atom stereocenters. The van der Waals surface area contributed by atoms with Gasteiger partial charge in [0.15, 0.2) is 6.61 Å². The summed E-state index contributed by atoms with van der Waals surface area (Å²) in [7, 11) is 1.31. The molecule has 0 aliphatic heterocycles. The Morgan fingerprint density at radius 1 is 1.43 bits per heavy atom. The van der Waals surface area contributed by atoms with Crippen LogP contribution in [0.5, 0.6) is 0 Å². The third-order valence-electron chi connectivity index (χ3n) is 3.10. The maximum atomic E-state index is 11.6. The lowest BCUT2D eigenvalue weighted by atomic mass is 10.2. The molecule has 0 saturated heterocycles. The average Bonchev–Trinajstić information content (AvgIpc) is 3.21. The van der Waals surface area contributed by atoms with E-state index in [0.717, 1.165) is 17.7 Å². The van der Waals surface area contributed by atoms with Gasteiger partial charge in [-0.2, -0.15) is 0 Å². The molecule has 8 heteroatoms. The van der Waals surface area contributed by atoms with Crippen LogP contribution in [0.4, 0.5) is 0 Å². The summed E-state index contributed by atoms with van der Waals surface area (Å²) >= 11 is 0. The molecule has 1 saturated carbocycles. The Bertz CT molecular complexity index is 693. The van der Waals surface area contributed by atoms with E-state index in [0.29, 0.717) is 16.6 Å². The minimum atomic E-state index is -0.462. The summed E-state index contributed by atoms with van der Waals surface area (Å²) in [5.74, 6) is -0.665. The second-order valence-corrected chi connectivity index (χ2v) is 4.77. The average molecular weight is 290 g/mol. The molecule has 3 rings (SSSR count). The van der Waals surface area contributed by atoms with Crippen LogP contribution in [0.15, 0.2) is 18.2 Å². The van der Waals surface area contributed by atoms with Crippen molar-refractivity contribution >= 4 is 22.9 Å². The van der Waals surface area contributed by atoms with E-state index < -0.39 is 5.97 Å². The maximum absolute atomic E-state index is 11.6. The number of esters is 1. The largest absolute Gasteiger partial charge is 0.465 e. The lowest BCUT2D eigenvalue weighted by Gasteiger charge is -2.06. The fourth-order valence-corrected chi connectivity index (χ4v) is 1.86. The van der Waals surface area contributed by atoms with Gasteiger partial charge in [0.25, 0.3) is 5.91 Å². The highest BCUT2D eigenvalue weighted by atomic mass is 16.7. The molecule has 2 aromatic rings. The first-order valence-electron chi connectivity index (χ1n) is 6.54. The van der Waals surface area contributed by atoms with E-state index in [1.54, 1.807) is 18.2 Å². The van der Waals surface area contributed by atoms with E-state index in [-0.39, 0.29) is 18.6 Å². The minimum absolute atomic E-state index is 0.155. The molecular weight excluding hydrogens is 276 g/mol.